The number of hydrogen-bond donors (Lipinski definition) is 0. The molecule has 1 rings (SSSR count). The molecule has 0 aliphatic heterocycles. The van der Waals surface area contributed by atoms with Crippen molar-refractivity contribution in [2.24, 2.45) is 4.99 Å². The Morgan fingerprint density at radius 3 is 2.64 bits per heavy atom. The molecule has 0 N–H and O–H groups in total. The highest BCUT2D eigenvalue weighted by Gasteiger charge is 2.22. The van der Waals surface area contributed by atoms with Gasteiger partial charge in [-0.2, -0.15) is 4.99 Å². The first kappa shape index (κ1) is 10.6. The van der Waals surface area contributed by atoms with E-state index in [2.05, 4.69) is 4.99 Å². The fourth-order valence-corrected chi connectivity index (χ4v) is 1.44. The van der Waals surface area contributed by atoms with Gasteiger partial charge in [-0.05, 0) is 38.0 Å². The van der Waals surface area contributed by atoms with Gasteiger partial charge >= 0.3 is 0 Å². The molecule has 1 aromatic rings. The number of isocyanates is 1. The summed E-state index contributed by atoms with van der Waals surface area (Å²) in [5.74, 6) is -0.281. The average Bonchev–Trinajstić information content (AvgIpc) is 2.09. The highest BCUT2D eigenvalue weighted by Crippen LogP contribution is 2.28. The van der Waals surface area contributed by atoms with E-state index in [1.807, 2.05) is 0 Å². The zero-order valence-electron chi connectivity index (χ0n) is 8.47. The van der Waals surface area contributed by atoms with Gasteiger partial charge in [0.25, 0.3) is 0 Å². The highest BCUT2D eigenvalue weighted by molar-refractivity contribution is 5.40. The lowest BCUT2D eigenvalue weighted by molar-refractivity contribution is 0.515. The van der Waals surface area contributed by atoms with Crippen LogP contribution in [0.2, 0.25) is 0 Å². The van der Waals surface area contributed by atoms with Crippen LogP contribution >= 0.6 is 0 Å². The Hall–Kier alpha value is -1.47. The van der Waals surface area contributed by atoms with E-state index >= 15 is 0 Å². The van der Waals surface area contributed by atoms with Crippen LogP contribution in [0.1, 0.15) is 25.0 Å². The third-order valence-electron chi connectivity index (χ3n) is 2.25. The number of nitrogens with zero attached hydrogens (tertiary/aromatic N) is 1. The summed E-state index contributed by atoms with van der Waals surface area (Å²) in [6.45, 7) is 5.17. The topological polar surface area (TPSA) is 29.4 Å². The molecule has 0 heterocycles. The molecule has 0 atom stereocenters. The number of carbonyl (C=O) groups excluding carboxylic acids is 1. The maximum absolute atomic E-state index is 13.2. The lowest BCUT2D eigenvalue weighted by Gasteiger charge is -2.20. The van der Waals surface area contributed by atoms with Gasteiger partial charge in [0, 0.05) is 0 Å². The van der Waals surface area contributed by atoms with Gasteiger partial charge in [-0.25, -0.2) is 9.18 Å². The van der Waals surface area contributed by atoms with Crippen molar-refractivity contribution >= 4 is 6.08 Å². The fourth-order valence-electron chi connectivity index (χ4n) is 1.44. The van der Waals surface area contributed by atoms with Gasteiger partial charge < -0.3 is 0 Å². The van der Waals surface area contributed by atoms with Crippen LogP contribution in [-0.4, -0.2) is 6.08 Å². The van der Waals surface area contributed by atoms with Crippen molar-refractivity contribution in [2.45, 2.75) is 26.3 Å². The molecule has 0 spiro atoms. The Balaban J connectivity index is 3.32. The zero-order valence-corrected chi connectivity index (χ0v) is 8.47. The van der Waals surface area contributed by atoms with Gasteiger partial charge in [-0.15, -0.1) is 0 Å². The summed E-state index contributed by atoms with van der Waals surface area (Å²) in [6.07, 6.45) is 1.51. The monoisotopic (exact) mass is 193 g/mol. The molecular weight excluding hydrogens is 181 g/mol. The van der Waals surface area contributed by atoms with E-state index < -0.39 is 5.54 Å². The lowest BCUT2D eigenvalue weighted by Crippen LogP contribution is -2.15. The smallest absolute Gasteiger partial charge is 0.211 e. The van der Waals surface area contributed by atoms with Crippen molar-refractivity contribution < 1.29 is 9.18 Å². The van der Waals surface area contributed by atoms with Crippen molar-refractivity contribution in [3.63, 3.8) is 0 Å². The van der Waals surface area contributed by atoms with E-state index in [9.17, 15) is 9.18 Å². The van der Waals surface area contributed by atoms with E-state index in [4.69, 9.17) is 0 Å². The van der Waals surface area contributed by atoms with Gasteiger partial charge in [0.1, 0.15) is 5.82 Å². The van der Waals surface area contributed by atoms with Crippen LogP contribution in [0.25, 0.3) is 0 Å². The number of halogens is 1. The average molecular weight is 193 g/mol. The molecular formula is C11H12FNO. The summed E-state index contributed by atoms with van der Waals surface area (Å²) in [6, 6.07) is 4.76. The normalized spacial score (nSPS) is 10.9. The predicted octanol–water partition coefficient (Wildman–Crippen LogP) is 2.71. The first-order valence-electron chi connectivity index (χ1n) is 4.33. The second-order valence-corrected chi connectivity index (χ2v) is 3.67. The molecule has 2 nitrogen and oxygen atoms in total. The third-order valence-corrected chi connectivity index (χ3v) is 2.25. The third kappa shape index (κ3) is 1.88. The molecule has 0 aliphatic carbocycles. The first-order valence-corrected chi connectivity index (χ1v) is 4.33. The first-order chi connectivity index (χ1) is 6.49. The van der Waals surface area contributed by atoms with Crippen LogP contribution in [0.3, 0.4) is 0 Å². The predicted molar refractivity (Wildman–Crippen MR) is 52.3 cm³/mol. The second kappa shape index (κ2) is 3.72. The second-order valence-electron chi connectivity index (χ2n) is 3.67. The Labute approximate surface area is 82.5 Å². The van der Waals surface area contributed by atoms with Crippen LogP contribution in [-0.2, 0) is 10.3 Å². The number of hydrogen-bond acceptors (Lipinski definition) is 2. The minimum atomic E-state index is -0.714. The van der Waals surface area contributed by atoms with Crippen molar-refractivity contribution in [3.8, 4) is 0 Å². The molecule has 3 heteroatoms. The molecule has 0 unspecified atom stereocenters. The summed E-state index contributed by atoms with van der Waals surface area (Å²) in [7, 11) is 0. The summed E-state index contributed by atoms with van der Waals surface area (Å²) in [5.41, 5.74) is 0.519. The molecule has 0 saturated carbocycles. The van der Waals surface area contributed by atoms with Gasteiger partial charge in [-0.3, -0.25) is 0 Å². The van der Waals surface area contributed by atoms with Crippen LogP contribution in [0.15, 0.2) is 23.2 Å². The Kier molecular flexibility index (Phi) is 2.82. The van der Waals surface area contributed by atoms with Crippen molar-refractivity contribution in [2.75, 3.05) is 0 Å². The van der Waals surface area contributed by atoms with E-state index in [1.54, 1.807) is 32.9 Å². The lowest BCUT2D eigenvalue weighted by atomic mass is 9.91. The SMILES string of the molecule is Cc1c(F)cccc1C(C)(C)N=C=O. The molecule has 0 radical (unpaired) electrons. The summed E-state index contributed by atoms with van der Waals surface area (Å²) in [5, 5.41) is 0. The minimum Gasteiger partial charge on any atom is -0.211 e. The quantitative estimate of drug-likeness (QED) is 0.524. The maximum Gasteiger partial charge on any atom is 0.235 e. The molecule has 0 aliphatic rings. The van der Waals surface area contributed by atoms with E-state index in [0.29, 0.717) is 11.1 Å². The van der Waals surface area contributed by atoms with Crippen molar-refractivity contribution in [1.82, 2.24) is 0 Å². The molecule has 14 heavy (non-hydrogen) atoms. The standard InChI is InChI=1S/C11H12FNO/c1-8-9(5-4-6-10(8)12)11(2,3)13-7-14/h4-6H,1-3H3. The van der Waals surface area contributed by atoms with Gasteiger partial charge in [0.15, 0.2) is 0 Å². The van der Waals surface area contributed by atoms with Crippen molar-refractivity contribution in [1.29, 1.82) is 0 Å². The van der Waals surface area contributed by atoms with Crippen LogP contribution in [0.4, 0.5) is 4.39 Å². The Morgan fingerprint density at radius 1 is 1.43 bits per heavy atom. The van der Waals surface area contributed by atoms with E-state index in [1.165, 1.54) is 12.1 Å². The van der Waals surface area contributed by atoms with Crippen LogP contribution in [0.5, 0.6) is 0 Å². The molecule has 0 bridgehead atoms. The molecule has 0 saturated heterocycles. The van der Waals surface area contributed by atoms with Gasteiger partial charge in [-0.1, -0.05) is 12.1 Å². The van der Waals surface area contributed by atoms with E-state index in [-0.39, 0.29) is 5.82 Å². The molecule has 1 aromatic carbocycles. The summed E-state index contributed by atoms with van der Waals surface area (Å²) in [4.78, 5) is 13.9. The van der Waals surface area contributed by atoms with Gasteiger partial charge in [0.2, 0.25) is 6.08 Å². The molecule has 0 fully saturated rings. The fraction of sp³-hybridized carbons (Fsp3) is 0.364. The maximum atomic E-state index is 13.2. The van der Waals surface area contributed by atoms with Crippen molar-refractivity contribution in [3.05, 3.63) is 35.1 Å². The minimum absolute atomic E-state index is 0.281. The zero-order chi connectivity index (χ0) is 10.8. The summed E-state index contributed by atoms with van der Waals surface area (Å²) < 4.78 is 13.2. The largest absolute Gasteiger partial charge is 0.235 e. The van der Waals surface area contributed by atoms with E-state index in [0.717, 1.165) is 0 Å². The number of aliphatic imine (C=N–C) groups is 1. The summed E-state index contributed by atoms with van der Waals surface area (Å²) >= 11 is 0. The number of rotatable bonds is 2. The Morgan fingerprint density at radius 2 is 2.07 bits per heavy atom. The molecule has 0 aromatic heterocycles. The molecule has 0 amide bonds. The van der Waals surface area contributed by atoms with Gasteiger partial charge in [0.05, 0.1) is 5.54 Å². The van der Waals surface area contributed by atoms with Crippen LogP contribution in [0, 0.1) is 12.7 Å². The number of benzene rings is 1. The highest BCUT2D eigenvalue weighted by atomic mass is 19.1. The molecule has 74 valence electrons. The Bertz CT molecular complexity index is 392. The van der Waals surface area contributed by atoms with Crippen LogP contribution < -0.4 is 0 Å².